The van der Waals surface area contributed by atoms with E-state index in [4.69, 9.17) is 5.11 Å². The number of likely N-dealkylation sites (tertiary alicyclic amines) is 1. The van der Waals surface area contributed by atoms with Crippen molar-refractivity contribution in [3.05, 3.63) is 0 Å². The van der Waals surface area contributed by atoms with Crippen molar-refractivity contribution in [3.8, 4) is 0 Å². The molecule has 86 valence electrons. The fourth-order valence-corrected chi connectivity index (χ4v) is 1.29. The van der Waals surface area contributed by atoms with Gasteiger partial charge in [-0.2, -0.15) is 0 Å². The Labute approximate surface area is 89.4 Å². The molecule has 2 N–H and O–H groups in total. The second-order valence-corrected chi connectivity index (χ2v) is 4.94. The molecular weight excluding hydrogens is 196 g/mol. The first kappa shape index (κ1) is 12.0. The number of nitrogens with zero attached hydrogens (tertiary/aromatic N) is 1. The molecule has 15 heavy (non-hydrogen) atoms. The smallest absolute Gasteiger partial charge is 0.310 e. The van der Waals surface area contributed by atoms with Gasteiger partial charge in [0.1, 0.15) is 0 Å². The first-order chi connectivity index (χ1) is 6.79. The lowest BCUT2D eigenvalue weighted by Crippen LogP contribution is -2.56. The quantitative estimate of drug-likeness (QED) is 0.689. The Morgan fingerprint density at radius 3 is 2.33 bits per heavy atom. The maximum Gasteiger partial charge on any atom is 0.310 e. The van der Waals surface area contributed by atoms with Gasteiger partial charge in [0.25, 0.3) is 0 Å². The molecule has 1 aliphatic heterocycles. The van der Waals surface area contributed by atoms with Gasteiger partial charge in [-0.1, -0.05) is 0 Å². The summed E-state index contributed by atoms with van der Waals surface area (Å²) in [6.45, 7) is 6.92. The van der Waals surface area contributed by atoms with Crippen LogP contribution in [0, 0.1) is 5.92 Å². The SMILES string of the molecule is CC(C)(C)NCC(=O)N1CC(C(=O)O)C1. The summed E-state index contributed by atoms with van der Waals surface area (Å²) in [5.74, 6) is -1.21. The third-order valence-electron chi connectivity index (χ3n) is 2.35. The van der Waals surface area contributed by atoms with Crippen LogP contribution in [0.1, 0.15) is 20.8 Å². The molecule has 0 aromatic rings. The first-order valence-electron chi connectivity index (χ1n) is 5.05. The van der Waals surface area contributed by atoms with E-state index in [-0.39, 0.29) is 23.9 Å². The van der Waals surface area contributed by atoms with Crippen LogP contribution in [0.15, 0.2) is 0 Å². The molecule has 0 aliphatic carbocycles. The van der Waals surface area contributed by atoms with E-state index in [1.165, 1.54) is 0 Å². The highest BCUT2D eigenvalue weighted by Gasteiger charge is 2.35. The number of nitrogens with one attached hydrogen (secondary N) is 1. The van der Waals surface area contributed by atoms with Crippen molar-refractivity contribution in [2.75, 3.05) is 19.6 Å². The normalized spacial score (nSPS) is 17.4. The Bertz CT molecular complexity index is 264. The van der Waals surface area contributed by atoms with Crippen LogP contribution in [0.4, 0.5) is 0 Å². The molecule has 0 saturated carbocycles. The highest BCUT2D eigenvalue weighted by Crippen LogP contribution is 2.15. The van der Waals surface area contributed by atoms with E-state index in [0.717, 1.165) is 0 Å². The predicted molar refractivity (Wildman–Crippen MR) is 55.5 cm³/mol. The highest BCUT2D eigenvalue weighted by atomic mass is 16.4. The van der Waals surface area contributed by atoms with Crippen LogP contribution in [-0.4, -0.2) is 47.1 Å². The maximum atomic E-state index is 11.5. The number of rotatable bonds is 3. The minimum atomic E-state index is -0.817. The number of hydrogen-bond acceptors (Lipinski definition) is 3. The molecule has 0 spiro atoms. The van der Waals surface area contributed by atoms with Crippen LogP contribution in [0.25, 0.3) is 0 Å². The molecule has 5 nitrogen and oxygen atoms in total. The van der Waals surface area contributed by atoms with E-state index >= 15 is 0 Å². The molecule has 0 bridgehead atoms. The second-order valence-electron chi connectivity index (χ2n) is 4.94. The van der Waals surface area contributed by atoms with E-state index in [2.05, 4.69) is 5.32 Å². The molecule has 1 heterocycles. The third-order valence-corrected chi connectivity index (χ3v) is 2.35. The second kappa shape index (κ2) is 4.18. The van der Waals surface area contributed by atoms with Gasteiger partial charge in [-0.25, -0.2) is 0 Å². The summed E-state index contributed by atoms with van der Waals surface area (Å²) >= 11 is 0. The van der Waals surface area contributed by atoms with Crippen molar-refractivity contribution in [2.45, 2.75) is 26.3 Å². The van der Waals surface area contributed by atoms with Crippen LogP contribution < -0.4 is 5.32 Å². The molecule has 0 aromatic carbocycles. The monoisotopic (exact) mass is 214 g/mol. The average molecular weight is 214 g/mol. The average Bonchev–Trinajstić information content (AvgIpc) is 1.95. The Hall–Kier alpha value is -1.10. The largest absolute Gasteiger partial charge is 0.481 e. The third kappa shape index (κ3) is 3.51. The van der Waals surface area contributed by atoms with Gasteiger partial charge in [-0.3, -0.25) is 9.59 Å². The minimum Gasteiger partial charge on any atom is -0.481 e. The van der Waals surface area contributed by atoms with Crippen LogP contribution in [0.3, 0.4) is 0 Å². The zero-order chi connectivity index (χ0) is 11.6. The molecule has 1 saturated heterocycles. The van der Waals surface area contributed by atoms with E-state index in [0.29, 0.717) is 13.1 Å². The maximum absolute atomic E-state index is 11.5. The van der Waals surface area contributed by atoms with Crippen LogP contribution in [0.2, 0.25) is 0 Å². The zero-order valence-electron chi connectivity index (χ0n) is 9.41. The van der Waals surface area contributed by atoms with E-state index in [1.807, 2.05) is 20.8 Å². The number of amides is 1. The van der Waals surface area contributed by atoms with Gasteiger partial charge in [0, 0.05) is 18.6 Å². The van der Waals surface area contributed by atoms with Crippen LogP contribution >= 0.6 is 0 Å². The fourth-order valence-electron chi connectivity index (χ4n) is 1.29. The summed E-state index contributed by atoms with van der Waals surface area (Å²) in [6, 6.07) is 0. The number of carbonyl (C=O) groups excluding carboxylic acids is 1. The van der Waals surface area contributed by atoms with Gasteiger partial charge in [0.15, 0.2) is 0 Å². The van der Waals surface area contributed by atoms with Gasteiger partial charge >= 0.3 is 5.97 Å². The van der Waals surface area contributed by atoms with Crippen LogP contribution in [-0.2, 0) is 9.59 Å². The van der Waals surface area contributed by atoms with Crippen molar-refractivity contribution in [2.24, 2.45) is 5.92 Å². The van der Waals surface area contributed by atoms with E-state index < -0.39 is 5.97 Å². The van der Waals surface area contributed by atoms with E-state index in [9.17, 15) is 9.59 Å². The Morgan fingerprint density at radius 2 is 1.93 bits per heavy atom. The van der Waals surface area contributed by atoms with Gasteiger partial charge in [-0.15, -0.1) is 0 Å². The van der Waals surface area contributed by atoms with Crippen LogP contribution in [0.5, 0.6) is 0 Å². The summed E-state index contributed by atoms with van der Waals surface area (Å²) < 4.78 is 0. The predicted octanol–water partition coefficient (Wildman–Crippen LogP) is -0.0825. The van der Waals surface area contributed by atoms with Crippen molar-refractivity contribution in [1.29, 1.82) is 0 Å². The number of carboxylic acid groups (broad SMARTS) is 1. The Kier molecular flexibility index (Phi) is 3.34. The van der Waals surface area contributed by atoms with Gasteiger partial charge in [0.05, 0.1) is 12.5 Å². The Balaban J connectivity index is 2.24. The summed E-state index contributed by atoms with van der Waals surface area (Å²) in [5.41, 5.74) is -0.0905. The van der Waals surface area contributed by atoms with Crippen molar-refractivity contribution < 1.29 is 14.7 Å². The lowest BCUT2D eigenvalue weighted by atomic mass is 10.0. The van der Waals surface area contributed by atoms with Crippen molar-refractivity contribution in [3.63, 3.8) is 0 Å². The molecule has 1 fully saturated rings. The molecule has 0 aromatic heterocycles. The molecular formula is C10H18N2O3. The van der Waals surface area contributed by atoms with E-state index in [1.54, 1.807) is 4.90 Å². The number of carbonyl (C=O) groups is 2. The molecule has 1 rings (SSSR count). The number of aliphatic carboxylic acids is 1. The lowest BCUT2D eigenvalue weighted by Gasteiger charge is -2.37. The summed E-state index contributed by atoms with van der Waals surface area (Å²) in [7, 11) is 0. The molecule has 0 radical (unpaired) electrons. The van der Waals surface area contributed by atoms with Gasteiger partial charge in [0.2, 0.25) is 5.91 Å². The number of carboxylic acids is 1. The summed E-state index contributed by atoms with van der Waals surface area (Å²) in [5, 5.41) is 11.7. The molecule has 1 aliphatic rings. The zero-order valence-corrected chi connectivity index (χ0v) is 9.41. The fraction of sp³-hybridized carbons (Fsp3) is 0.800. The first-order valence-corrected chi connectivity index (χ1v) is 5.05. The summed E-state index contributed by atoms with van der Waals surface area (Å²) in [6.07, 6.45) is 0. The molecule has 1 amide bonds. The molecule has 5 heteroatoms. The molecule has 0 unspecified atom stereocenters. The standard InChI is InChI=1S/C10H18N2O3/c1-10(2,3)11-4-8(13)12-5-7(6-12)9(14)15/h7,11H,4-6H2,1-3H3,(H,14,15). The number of hydrogen-bond donors (Lipinski definition) is 2. The summed E-state index contributed by atoms with van der Waals surface area (Å²) in [4.78, 5) is 23.6. The topological polar surface area (TPSA) is 69.6 Å². The van der Waals surface area contributed by atoms with Crippen molar-refractivity contribution >= 4 is 11.9 Å². The van der Waals surface area contributed by atoms with Gasteiger partial charge < -0.3 is 15.3 Å². The lowest BCUT2D eigenvalue weighted by molar-refractivity contribution is -0.152. The molecule has 0 atom stereocenters. The highest BCUT2D eigenvalue weighted by molar-refractivity contribution is 5.82. The van der Waals surface area contributed by atoms with Gasteiger partial charge in [-0.05, 0) is 20.8 Å². The van der Waals surface area contributed by atoms with Crippen molar-refractivity contribution in [1.82, 2.24) is 10.2 Å². The Morgan fingerprint density at radius 1 is 1.40 bits per heavy atom. The minimum absolute atomic E-state index is 0.0255.